The van der Waals surface area contributed by atoms with Crippen molar-refractivity contribution in [2.75, 3.05) is 13.1 Å². The Morgan fingerprint density at radius 1 is 1.59 bits per heavy atom. The zero-order valence-electron chi connectivity index (χ0n) is 10.2. The summed E-state index contributed by atoms with van der Waals surface area (Å²) in [5.74, 6) is 0.170. The Morgan fingerprint density at radius 3 is 3.06 bits per heavy atom. The Balaban J connectivity index is 1.99. The van der Waals surface area contributed by atoms with Gasteiger partial charge in [-0.1, -0.05) is 6.07 Å². The maximum Gasteiger partial charge on any atom is 0.227 e. The Labute approximate surface area is 102 Å². The number of aryl methyl sites for hydroxylation is 1. The van der Waals surface area contributed by atoms with Gasteiger partial charge in [0, 0.05) is 31.0 Å². The van der Waals surface area contributed by atoms with E-state index in [0.29, 0.717) is 13.0 Å². The van der Waals surface area contributed by atoms with Gasteiger partial charge in [0.05, 0.1) is 6.42 Å². The predicted octanol–water partition coefficient (Wildman–Crippen LogP) is 0.882. The molecule has 92 valence electrons. The Morgan fingerprint density at radius 2 is 2.41 bits per heavy atom. The molecule has 4 heteroatoms. The second-order valence-electron chi connectivity index (χ2n) is 4.60. The number of carbonyl (C=O) groups excluding carboxylic acids is 1. The molecule has 1 unspecified atom stereocenters. The number of likely N-dealkylation sites (tertiary alicyclic amines) is 1. The van der Waals surface area contributed by atoms with Crippen LogP contribution in [0.4, 0.5) is 0 Å². The van der Waals surface area contributed by atoms with E-state index in [0.717, 1.165) is 30.6 Å². The third-order valence-electron chi connectivity index (χ3n) is 3.30. The summed E-state index contributed by atoms with van der Waals surface area (Å²) in [6.45, 7) is 3.36. The number of nitrogens with two attached hydrogens (primary N) is 1. The highest BCUT2D eigenvalue weighted by molar-refractivity contribution is 5.79. The first kappa shape index (κ1) is 12.0. The molecule has 0 saturated carbocycles. The van der Waals surface area contributed by atoms with Crippen LogP contribution in [0.3, 0.4) is 0 Å². The topological polar surface area (TPSA) is 59.2 Å². The van der Waals surface area contributed by atoms with Gasteiger partial charge in [0.1, 0.15) is 0 Å². The van der Waals surface area contributed by atoms with E-state index in [9.17, 15) is 4.79 Å². The minimum absolute atomic E-state index is 0.170. The third-order valence-corrected chi connectivity index (χ3v) is 3.30. The largest absolute Gasteiger partial charge is 0.338 e. The standard InChI is InChI=1S/C13H19N3O/c1-10-4-5-11(9-15-10)7-13(17)16-6-2-3-12(16)8-14/h4-5,9,12H,2-3,6-8,14H2,1H3. The molecule has 0 radical (unpaired) electrons. The van der Waals surface area contributed by atoms with E-state index in [1.807, 2.05) is 24.0 Å². The van der Waals surface area contributed by atoms with Crippen LogP contribution in [-0.4, -0.2) is 34.9 Å². The van der Waals surface area contributed by atoms with Gasteiger partial charge in [-0.05, 0) is 31.4 Å². The second-order valence-corrected chi connectivity index (χ2v) is 4.60. The summed E-state index contributed by atoms with van der Waals surface area (Å²) in [7, 11) is 0. The molecule has 1 fully saturated rings. The number of carbonyl (C=O) groups is 1. The van der Waals surface area contributed by atoms with Crippen LogP contribution in [0.2, 0.25) is 0 Å². The van der Waals surface area contributed by atoms with Gasteiger partial charge in [-0.2, -0.15) is 0 Å². The van der Waals surface area contributed by atoms with Crippen molar-refractivity contribution in [3.05, 3.63) is 29.6 Å². The molecule has 1 aromatic rings. The average molecular weight is 233 g/mol. The monoisotopic (exact) mass is 233 g/mol. The van der Waals surface area contributed by atoms with Crippen molar-refractivity contribution in [3.8, 4) is 0 Å². The molecule has 2 heterocycles. The first-order valence-electron chi connectivity index (χ1n) is 6.12. The third kappa shape index (κ3) is 2.82. The van der Waals surface area contributed by atoms with Crippen LogP contribution >= 0.6 is 0 Å². The zero-order valence-corrected chi connectivity index (χ0v) is 10.2. The van der Waals surface area contributed by atoms with E-state index in [1.54, 1.807) is 6.20 Å². The SMILES string of the molecule is Cc1ccc(CC(=O)N2CCCC2CN)cn1. The highest BCUT2D eigenvalue weighted by atomic mass is 16.2. The van der Waals surface area contributed by atoms with E-state index >= 15 is 0 Å². The van der Waals surface area contributed by atoms with Gasteiger partial charge in [0.25, 0.3) is 0 Å². The van der Waals surface area contributed by atoms with Gasteiger partial charge in [0.15, 0.2) is 0 Å². The van der Waals surface area contributed by atoms with Crippen LogP contribution in [0, 0.1) is 6.92 Å². The summed E-state index contributed by atoms with van der Waals surface area (Å²) in [5.41, 5.74) is 7.62. The van der Waals surface area contributed by atoms with Crippen molar-refractivity contribution in [1.29, 1.82) is 0 Å². The lowest BCUT2D eigenvalue weighted by Crippen LogP contribution is -2.40. The summed E-state index contributed by atoms with van der Waals surface area (Å²) in [6, 6.07) is 4.14. The summed E-state index contributed by atoms with van der Waals surface area (Å²) in [4.78, 5) is 18.2. The number of pyridine rings is 1. The highest BCUT2D eigenvalue weighted by Gasteiger charge is 2.27. The van der Waals surface area contributed by atoms with Crippen molar-refractivity contribution < 1.29 is 4.79 Å². The number of aromatic nitrogens is 1. The number of hydrogen-bond acceptors (Lipinski definition) is 3. The van der Waals surface area contributed by atoms with Crippen LogP contribution in [-0.2, 0) is 11.2 Å². The fourth-order valence-electron chi connectivity index (χ4n) is 2.29. The molecule has 1 aliphatic rings. The number of nitrogens with zero attached hydrogens (tertiary/aromatic N) is 2. The number of hydrogen-bond donors (Lipinski definition) is 1. The lowest BCUT2D eigenvalue weighted by Gasteiger charge is -2.23. The van der Waals surface area contributed by atoms with Gasteiger partial charge < -0.3 is 10.6 Å². The molecule has 17 heavy (non-hydrogen) atoms. The fourth-order valence-corrected chi connectivity index (χ4v) is 2.29. The maximum atomic E-state index is 12.1. The molecule has 1 aromatic heterocycles. The molecule has 0 aliphatic carbocycles. The van der Waals surface area contributed by atoms with Crippen molar-refractivity contribution in [2.45, 2.75) is 32.2 Å². The number of rotatable bonds is 3. The van der Waals surface area contributed by atoms with Crippen molar-refractivity contribution in [2.24, 2.45) is 5.73 Å². The van der Waals surface area contributed by atoms with Gasteiger partial charge in [-0.25, -0.2) is 0 Å². The van der Waals surface area contributed by atoms with Gasteiger partial charge in [-0.3, -0.25) is 9.78 Å². The highest BCUT2D eigenvalue weighted by Crippen LogP contribution is 2.17. The van der Waals surface area contributed by atoms with Crippen molar-refractivity contribution >= 4 is 5.91 Å². The summed E-state index contributed by atoms with van der Waals surface area (Å²) < 4.78 is 0. The minimum atomic E-state index is 0.170. The average Bonchev–Trinajstić information content (AvgIpc) is 2.80. The second kappa shape index (κ2) is 5.27. The van der Waals surface area contributed by atoms with Crippen LogP contribution < -0.4 is 5.73 Å². The van der Waals surface area contributed by atoms with Crippen molar-refractivity contribution in [1.82, 2.24) is 9.88 Å². The molecule has 1 aliphatic heterocycles. The summed E-state index contributed by atoms with van der Waals surface area (Å²) >= 11 is 0. The van der Waals surface area contributed by atoms with E-state index in [1.165, 1.54) is 0 Å². The maximum absolute atomic E-state index is 12.1. The quantitative estimate of drug-likeness (QED) is 0.843. The van der Waals surface area contributed by atoms with E-state index in [4.69, 9.17) is 5.73 Å². The lowest BCUT2D eigenvalue weighted by molar-refractivity contribution is -0.131. The number of amides is 1. The minimum Gasteiger partial charge on any atom is -0.338 e. The summed E-state index contributed by atoms with van der Waals surface area (Å²) in [5, 5.41) is 0. The first-order valence-corrected chi connectivity index (χ1v) is 6.12. The first-order chi connectivity index (χ1) is 8.20. The molecule has 0 aromatic carbocycles. The fraction of sp³-hybridized carbons (Fsp3) is 0.538. The van der Waals surface area contributed by atoms with Crippen molar-refractivity contribution in [3.63, 3.8) is 0 Å². The van der Waals surface area contributed by atoms with E-state index in [-0.39, 0.29) is 11.9 Å². The molecule has 0 spiro atoms. The van der Waals surface area contributed by atoms with Crippen LogP contribution in [0.1, 0.15) is 24.1 Å². The Kier molecular flexibility index (Phi) is 3.74. The van der Waals surface area contributed by atoms with Crippen LogP contribution in [0.5, 0.6) is 0 Å². The zero-order chi connectivity index (χ0) is 12.3. The van der Waals surface area contributed by atoms with Gasteiger partial charge in [0.2, 0.25) is 5.91 Å². The Hall–Kier alpha value is -1.42. The molecule has 2 N–H and O–H groups in total. The van der Waals surface area contributed by atoms with E-state index < -0.39 is 0 Å². The summed E-state index contributed by atoms with van der Waals surface area (Å²) in [6.07, 6.45) is 4.32. The van der Waals surface area contributed by atoms with Gasteiger partial charge >= 0.3 is 0 Å². The molecule has 4 nitrogen and oxygen atoms in total. The molecule has 2 rings (SSSR count). The van der Waals surface area contributed by atoms with Crippen LogP contribution in [0.25, 0.3) is 0 Å². The van der Waals surface area contributed by atoms with E-state index in [2.05, 4.69) is 4.98 Å². The molecule has 1 atom stereocenters. The molecule has 1 saturated heterocycles. The normalized spacial score (nSPS) is 19.6. The predicted molar refractivity (Wildman–Crippen MR) is 66.5 cm³/mol. The smallest absolute Gasteiger partial charge is 0.227 e. The molecular weight excluding hydrogens is 214 g/mol. The van der Waals surface area contributed by atoms with Gasteiger partial charge in [-0.15, -0.1) is 0 Å². The molecule has 1 amide bonds. The lowest BCUT2D eigenvalue weighted by atomic mass is 10.1. The van der Waals surface area contributed by atoms with Crippen LogP contribution in [0.15, 0.2) is 18.3 Å². The Bertz CT molecular complexity index is 388. The molecule has 0 bridgehead atoms. The molecular formula is C13H19N3O.